The van der Waals surface area contributed by atoms with E-state index in [0.29, 0.717) is 0 Å². The second-order valence-electron chi connectivity index (χ2n) is 5.01. The maximum atomic E-state index is 11.4. The number of carboxylic acids is 1. The van der Waals surface area contributed by atoms with Crippen LogP contribution in [0.4, 0.5) is 0 Å². The predicted molar refractivity (Wildman–Crippen MR) is 66.3 cm³/mol. The highest BCUT2D eigenvalue weighted by Crippen LogP contribution is 2.52. The number of fused-ring (bicyclic) bond motifs is 1. The molecule has 0 atom stereocenters. The quantitative estimate of drug-likeness (QED) is 0.831. The van der Waals surface area contributed by atoms with Crippen LogP contribution in [0.2, 0.25) is 0 Å². The SMILES string of the molecule is Cc1[nH]c2c(C)cccc2c1C1(C(=O)O)CC1. The topological polar surface area (TPSA) is 53.1 Å². The van der Waals surface area contributed by atoms with Crippen LogP contribution in [-0.2, 0) is 10.2 Å². The molecule has 0 saturated heterocycles. The Hall–Kier alpha value is -1.77. The summed E-state index contributed by atoms with van der Waals surface area (Å²) in [7, 11) is 0. The van der Waals surface area contributed by atoms with E-state index in [9.17, 15) is 9.90 Å². The normalized spacial score (nSPS) is 17.3. The van der Waals surface area contributed by atoms with Crippen LogP contribution in [0.5, 0.6) is 0 Å². The van der Waals surface area contributed by atoms with Gasteiger partial charge in [0.15, 0.2) is 0 Å². The standard InChI is InChI=1S/C14H15NO2/c1-8-4-3-5-10-11(9(2)15-12(8)10)14(6-7-14)13(16)17/h3-5,15H,6-7H2,1-2H3,(H,16,17). The van der Waals surface area contributed by atoms with Crippen molar-refractivity contribution >= 4 is 16.9 Å². The van der Waals surface area contributed by atoms with Crippen molar-refractivity contribution in [3.05, 3.63) is 35.0 Å². The van der Waals surface area contributed by atoms with E-state index in [1.165, 1.54) is 0 Å². The zero-order valence-electron chi connectivity index (χ0n) is 10.0. The summed E-state index contributed by atoms with van der Waals surface area (Å²) >= 11 is 0. The summed E-state index contributed by atoms with van der Waals surface area (Å²) in [5.41, 5.74) is 3.60. The Morgan fingerprint density at radius 3 is 2.65 bits per heavy atom. The van der Waals surface area contributed by atoms with Gasteiger partial charge in [-0.3, -0.25) is 4.79 Å². The van der Waals surface area contributed by atoms with Crippen LogP contribution in [0.15, 0.2) is 18.2 Å². The number of hydrogen-bond acceptors (Lipinski definition) is 1. The molecule has 0 aliphatic heterocycles. The summed E-state index contributed by atoms with van der Waals surface area (Å²) in [5.74, 6) is -0.692. The van der Waals surface area contributed by atoms with Gasteiger partial charge in [0.1, 0.15) is 0 Å². The monoisotopic (exact) mass is 229 g/mol. The van der Waals surface area contributed by atoms with Gasteiger partial charge in [-0.25, -0.2) is 0 Å². The van der Waals surface area contributed by atoms with Crippen molar-refractivity contribution in [3.63, 3.8) is 0 Å². The number of para-hydroxylation sites is 1. The summed E-state index contributed by atoms with van der Waals surface area (Å²) in [6.07, 6.45) is 1.51. The fraction of sp³-hybridized carbons (Fsp3) is 0.357. The van der Waals surface area contributed by atoms with Crippen LogP contribution in [0, 0.1) is 13.8 Å². The van der Waals surface area contributed by atoms with E-state index in [2.05, 4.69) is 4.98 Å². The number of carboxylic acid groups (broad SMARTS) is 1. The van der Waals surface area contributed by atoms with Gasteiger partial charge in [-0.1, -0.05) is 18.2 Å². The number of carbonyl (C=O) groups is 1. The molecule has 0 bridgehead atoms. The smallest absolute Gasteiger partial charge is 0.314 e. The van der Waals surface area contributed by atoms with Crippen molar-refractivity contribution in [2.24, 2.45) is 0 Å². The van der Waals surface area contributed by atoms with Gasteiger partial charge in [-0.15, -0.1) is 0 Å². The van der Waals surface area contributed by atoms with Gasteiger partial charge >= 0.3 is 5.97 Å². The minimum absolute atomic E-state index is 0.629. The lowest BCUT2D eigenvalue weighted by atomic mass is 9.93. The maximum Gasteiger partial charge on any atom is 0.314 e. The van der Waals surface area contributed by atoms with Gasteiger partial charge in [-0.05, 0) is 37.8 Å². The molecule has 1 heterocycles. The average Bonchev–Trinajstić information content (AvgIpc) is 2.99. The van der Waals surface area contributed by atoms with Gasteiger partial charge in [0.25, 0.3) is 0 Å². The van der Waals surface area contributed by atoms with E-state index in [1.54, 1.807) is 0 Å². The molecule has 88 valence electrons. The zero-order chi connectivity index (χ0) is 12.2. The minimum Gasteiger partial charge on any atom is -0.481 e. The van der Waals surface area contributed by atoms with Crippen LogP contribution < -0.4 is 0 Å². The van der Waals surface area contributed by atoms with Gasteiger partial charge < -0.3 is 10.1 Å². The summed E-state index contributed by atoms with van der Waals surface area (Å²) in [4.78, 5) is 14.8. The molecule has 1 aromatic heterocycles. The second-order valence-corrected chi connectivity index (χ2v) is 5.01. The van der Waals surface area contributed by atoms with Crippen molar-refractivity contribution < 1.29 is 9.90 Å². The average molecular weight is 229 g/mol. The van der Waals surface area contributed by atoms with E-state index >= 15 is 0 Å². The maximum absolute atomic E-state index is 11.4. The third-order valence-electron chi connectivity index (χ3n) is 3.87. The molecule has 1 aromatic carbocycles. The number of nitrogens with one attached hydrogen (secondary N) is 1. The lowest BCUT2D eigenvalue weighted by molar-refractivity contribution is -0.140. The molecule has 1 aliphatic carbocycles. The molecule has 0 unspecified atom stereocenters. The molecular formula is C14H15NO2. The summed E-state index contributed by atoms with van der Waals surface area (Å²) in [6.45, 7) is 4.01. The lowest BCUT2D eigenvalue weighted by Crippen LogP contribution is -2.20. The molecule has 3 rings (SSSR count). The van der Waals surface area contributed by atoms with Crippen molar-refractivity contribution in [3.8, 4) is 0 Å². The molecule has 0 radical (unpaired) electrons. The molecule has 3 heteroatoms. The number of aromatic amines is 1. The fourth-order valence-corrected chi connectivity index (χ4v) is 2.81. The van der Waals surface area contributed by atoms with Crippen molar-refractivity contribution in [1.29, 1.82) is 0 Å². The highest BCUT2D eigenvalue weighted by molar-refractivity contribution is 5.96. The Kier molecular flexibility index (Phi) is 1.91. The van der Waals surface area contributed by atoms with Crippen LogP contribution >= 0.6 is 0 Å². The van der Waals surface area contributed by atoms with E-state index < -0.39 is 11.4 Å². The Labute approximate surface area is 99.5 Å². The Morgan fingerprint density at radius 1 is 1.35 bits per heavy atom. The Bertz CT molecular complexity index is 620. The number of H-pyrrole nitrogens is 1. The summed E-state index contributed by atoms with van der Waals surface area (Å²) in [6, 6.07) is 6.05. The van der Waals surface area contributed by atoms with Crippen molar-refractivity contribution in [2.45, 2.75) is 32.1 Å². The minimum atomic E-state index is -0.692. The fourth-order valence-electron chi connectivity index (χ4n) is 2.81. The largest absolute Gasteiger partial charge is 0.481 e. The van der Waals surface area contributed by atoms with Gasteiger partial charge in [0.2, 0.25) is 0 Å². The number of aromatic nitrogens is 1. The highest BCUT2D eigenvalue weighted by atomic mass is 16.4. The van der Waals surface area contributed by atoms with Gasteiger partial charge in [-0.2, -0.15) is 0 Å². The first-order chi connectivity index (χ1) is 8.06. The molecule has 0 spiro atoms. The number of rotatable bonds is 2. The van der Waals surface area contributed by atoms with E-state index in [-0.39, 0.29) is 0 Å². The van der Waals surface area contributed by atoms with E-state index in [0.717, 1.165) is 40.6 Å². The molecule has 1 saturated carbocycles. The lowest BCUT2D eigenvalue weighted by Gasteiger charge is -2.10. The van der Waals surface area contributed by atoms with E-state index in [4.69, 9.17) is 0 Å². The van der Waals surface area contributed by atoms with Gasteiger partial charge in [0, 0.05) is 16.6 Å². The molecule has 1 aliphatic rings. The van der Waals surface area contributed by atoms with Gasteiger partial charge in [0.05, 0.1) is 5.41 Å². The molecule has 3 nitrogen and oxygen atoms in total. The van der Waals surface area contributed by atoms with Crippen LogP contribution in [0.3, 0.4) is 0 Å². The Balaban J connectivity index is 2.34. The highest BCUT2D eigenvalue weighted by Gasteiger charge is 2.53. The molecule has 17 heavy (non-hydrogen) atoms. The number of aliphatic carboxylic acids is 1. The first kappa shape index (κ1) is 10.4. The van der Waals surface area contributed by atoms with Crippen LogP contribution in [-0.4, -0.2) is 16.1 Å². The number of benzene rings is 1. The van der Waals surface area contributed by atoms with Crippen molar-refractivity contribution in [2.75, 3.05) is 0 Å². The second kappa shape index (κ2) is 3.13. The zero-order valence-corrected chi connectivity index (χ0v) is 10.0. The van der Waals surface area contributed by atoms with Crippen molar-refractivity contribution in [1.82, 2.24) is 4.98 Å². The first-order valence-electron chi connectivity index (χ1n) is 5.88. The molecule has 0 amide bonds. The molecular weight excluding hydrogens is 214 g/mol. The number of hydrogen-bond donors (Lipinski definition) is 2. The summed E-state index contributed by atoms with van der Waals surface area (Å²) in [5, 5.41) is 10.5. The van der Waals surface area contributed by atoms with Crippen LogP contribution in [0.25, 0.3) is 10.9 Å². The third-order valence-corrected chi connectivity index (χ3v) is 3.87. The number of aryl methyl sites for hydroxylation is 2. The molecule has 2 N–H and O–H groups in total. The van der Waals surface area contributed by atoms with Crippen LogP contribution in [0.1, 0.15) is 29.7 Å². The molecule has 2 aromatic rings. The first-order valence-corrected chi connectivity index (χ1v) is 5.88. The molecule has 1 fully saturated rings. The predicted octanol–water partition coefficient (Wildman–Crippen LogP) is 2.90. The summed E-state index contributed by atoms with van der Waals surface area (Å²) < 4.78 is 0. The Morgan fingerprint density at radius 2 is 2.06 bits per heavy atom. The van der Waals surface area contributed by atoms with E-state index in [1.807, 2.05) is 32.0 Å². The third kappa shape index (κ3) is 1.25.